The molecule has 2 aromatic carbocycles. The molecule has 0 amide bonds. The van der Waals surface area contributed by atoms with E-state index < -0.39 is 0 Å². The Morgan fingerprint density at radius 1 is 1.19 bits per heavy atom. The van der Waals surface area contributed by atoms with Gasteiger partial charge in [0.2, 0.25) is 0 Å². The van der Waals surface area contributed by atoms with Gasteiger partial charge in [-0.15, -0.1) is 0 Å². The molecule has 0 aromatic heterocycles. The van der Waals surface area contributed by atoms with Crippen molar-refractivity contribution in [3.8, 4) is 0 Å². The second-order valence-electron chi connectivity index (χ2n) is 4.67. The SMILES string of the molecule is Cc1ccc(NCCc2ccc(Cl)cc2Cl)cc1[N+](=O)[O-]. The number of nitrogens with one attached hydrogen (secondary N) is 1. The van der Waals surface area contributed by atoms with Crippen molar-refractivity contribution in [1.82, 2.24) is 0 Å². The summed E-state index contributed by atoms with van der Waals surface area (Å²) >= 11 is 11.9. The number of halogens is 2. The number of anilines is 1. The average Bonchev–Trinajstić information content (AvgIpc) is 2.42. The van der Waals surface area contributed by atoms with Crippen LogP contribution in [-0.4, -0.2) is 11.5 Å². The zero-order chi connectivity index (χ0) is 15.4. The predicted octanol–water partition coefficient (Wildman–Crippen LogP) is 4.86. The van der Waals surface area contributed by atoms with Crippen LogP contribution in [0.25, 0.3) is 0 Å². The minimum absolute atomic E-state index is 0.115. The lowest BCUT2D eigenvalue weighted by molar-refractivity contribution is -0.385. The third-order valence-electron chi connectivity index (χ3n) is 3.14. The Bertz CT molecular complexity index is 675. The molecule has 6 heteroatoms. The molecule has 0 atom stereocenters. The fraction of sp³-hybridized carbons (Fsp3) is 0.200. The van der Waals surface area contributed by atoms with E-state index >= 15 is 0 Å². The highest BCUT2D eigenvalue weighted by Crippen LogP contribution is 2.23. The highest BCUT2D eigenvalue weighted by molar-refractivity contribution is 6.35. The average molecular weight is 325 g/mol. The van der Waals surface area contributed by atoms with Gasteiger partial charge in [-0.2, -0.15) is 0 Å². The first-order valence-corrected chi connectivity index (χ1v) is 7.16. The Morgan fingerprint density at radius 2 is 1.95 bits per heavy atom. The van der Waals surface area contributed by atoms with E-state index in [2.05, 4.69) is 5.32 Å². The van der Waals surface area contributed by atoms with E-state index in [-0.39, 0.29) is 10.6 Å². The quantitative estimate of drug-likeness (QED) is 0.630. The van der Waals surface area contributed by atoms with E-state index in [1.165, 1.54) is 0 Å². The molecule has 0 bridgehead atoms. The molecule has 0 radical (unpaired) electrons. The van der Waals surface area contributed by atoms with Gasteiger partial charge in [0.1, 0.15) is 0 Å². The molecule has 0 fully saturated rings. The number of benzene rings is 2. The summed E-state index contributed by atoms with van der Waals surface area (Å²) in [6, 6.07) is 10.5. The monoisotopic (exact) mass is 324 g/mol. The smallest absolute Gasteiger partial charge is 0.274 e. The van der Waals surface area contributed by atoms with E-state index in [0.717, 1.165) is 11.3 Å². The van der Waals surface area contributed by atoms with Crippen LogP contribution in [0.15, 0.2) is 36.4 Å². The zero-order valence-corrected chi connectivity index (χ0v) is 12.9. The summed E-state index contributed by atoms with van der Waals surface area (Å²) in [4.78, 5) is 10.5. The Hall–Kier alpha value is -1.78. The highest BCUT2D eigenvalue weighted by Gasteiger charge is 2.10. The fourth-order valence-corrected chi connectivity index (χ4v) is 2.48. The minimum Gasteiger partial charge on any atom is -0.385 e. The lowest BCUT2D eigenvalue weighted by Crippen LogP contribution is -2.06. The third kappa shape index (κ3) is 4.09. The first kappa shape index (κ1) is 15.6. The van der Waals surface area contributed by atoms with Crippen LogP contribution in [0, 0.1) is 17.0 Å². The van der Waals surface area contributed by atoms with Gasteiger partial charge in [-0.1, -0.05) is 35.3 Å². The van der Waals surface area contributed by atoms with Crippen LogP contribution < -0.4 is 5.32 Å². The molecule has 0 heterocycles. The van der Waals surface area contributed by atoms with Gasteiger partial charge in [0, 0.05) is 33.9 Å². The van der Waals surface area contributed by atoms with Crippen molar-refractivity contribution in [1.29, 1.82) is 0 Å². The second-order valence-corrected chi connectivity index (χ2v) is 5.51. The molecular formula is C15H14Cl2N2O2. The number of nitro benzene ring substituents is 1. The van der Waals surface area contributed by atoms with E-state index in [9.17, 15) is 10.1 Å². The summed E-state index contributed by atoms with van der Waals surface area (Å²) in [5, 5.41) is 15.3. The van der Waals surface area contributed by atoms with Crippen LogP contribution in [0.3, 0.4) is 0 Å². The van der Waals surface area contributed by atoms with Gasteiger partial charge in [0.25, 0.3) is 5.69 Å². The van der Waals surface area contributed by atoms with E-state index in [1.807, 2.05) is 12.1 Å². The van der Waals surface area contributed by atoms with Gasteiger partial charge in [0.05, 0.1) is 4.92 Å². The maximum Gasteiger partial charge on any atom is 0.274 e. The normalized spacial score (nSPS) is 10.4. The highest BCUT2D eigenvalue weighted by atomic mass is 35.5. The predicted molar refractivity (Wildman–Crippen MR) is 86.5 cm³/mol. The van der Waals surface area contributed by atoms with E-state index in [0.29, 0.717) is 28.6 Å². The Labute approximate surface area is 132 Å². The molecule has 0 aliphatic heterocycles. The summed E-state index contributed by atoms with van der Waals surface area (Å²) < 4.78 is 0. The van der Waals surface area contributed by atoms with Crippen molar-refractivity contribution in [2.24, 2.45) is 0 Å². The van der Waals surface area contributed by atoms with Crippen molar-refractivity contribution in [3.63, 3.8) is 0 Å². The first-order valence-electron chi connectivity index (χ1n) is 6.40. The van der Waals surface area contributed by atoms with Crippen molar-refractivity contribution < 1.29 is 4.92 Å². The van der Waals surface area contributed by atoms with Crippen LogP contribution in [0.2, 0.25) is 10.0 Å². The number of hydrogen-bond donors (Lipinski definition) is 1. The van der Waals surface area contributed by atoms with Crippen LogP contribution in [0.4, 0.5) is 11.4 Å². The molecule has 0 aliphatic carbocycles. The maximum absolute atomic E-state index is 10.9. The molecule has 0 spiro atoms. The summed E-state index contributed by atoms with van der Waals surface area (Å²) in [6.07, 6.45) is 0.706. The molecule has 0 aliphatic rings. The van der Waals surface area contributed by atoms with Gasteiger partial charge in [-0.3, -0.25) is 10.1 Å². The van der Waals surface area contributed by atoms with Gasteiger partial charge in [0.15, 0.2) is 0 Å². The van der Waals surface area contributed by atoms with E-state index in [1.54, 1.807) is 31.2 Å². The van der Waals surface area contributed by atoms with Crippen LogP contribution in [0.1, 0.15) is 11.1 Å². The van der Waals surface area contributed by atoms with Gasteiger partial charge in [-0.05, 0) is 37.1 Å². The first-order chi connectivity index (χ1) is 9.97. The van der Waals surface area contributed by atoms with Crippen molar-refractivity contribution in [2.45, 2.75) is 13.3 Å². The number of hydrogen-bond acceptors (Lipinski definition) is 3. The minimum atomic E-state index is -0.378. The lowest BCUT2D eigenvalue weighted by atomic mass is 10.1. The molecule has 110 valence electrons. The molecule has 1 N–H and O–H groups in total. The lowest BCUT2D eigenvalue weighted by Gasteiger charge is -2.08. The number of rotatable bonds is 5. The number of nitro groups is 1. The van der Waals surface area contributed by atoms with Gasteiger partial charge >= 0.3 is 0 Å². The molecule has 2 aromatic rings. The van der Waals surface area contributed by atoms with Crippen LogP contribution >= 0.6 is 23.2 Å². The van der Waals surface area contributed by atoms with Crippen LogP contribution in [0.5, 0.6) is 0 Å². The number of aryl methyl sites for hydroxylation is 1. The summed E-state index contributed by atoms with van der Waals surface area (Å²) in [6.45, 7) is 2.34. The summed E-state index contributed by atoms with van der Waals surface area (Å²) in [5.74, 6) is 0. The molecule has 0 saturated heterocycles. The molecule has 0 saturated carbocycles. The molecule has 0 unspecified atom stereocenters. The standard InChI is InChI=1S/C15H14Cl2N2O2/c1-10-2-5-13(9-15(10)19(20)21)18-7-6-11-3-4-12(16)8-14(11)17/h2-5,8-9,18H,6-7H2,1H3. The zero-order valence-electron chi connectivity index (χ0n) is 11.4. The van der Waals surface area contributed by atoms with Crippen molar-refractivity contribution in [3.05, 3.63) is 67.7 Å². The largest absolute Gasteiger partial charge is 0.385 e. The maximum atomic E-state index is 10.9. The van der Waals surface area contributed by atoms with Gasteiger partial charge < -0.3 is 5.32 Å². The topological polar surface area (TPSA) is 55.2 Å². The Morgan fingerprint density at radius 3 is 2.62 bits per heavy atom. The summed E-state index contributed by atoms with van der Waals surface area (Å²) in [5.41, 5.74) is 2.46. The fourth-order valence-electron chi connectivity index (χ4n) is 1.98. The van der Waals surface area contributed by atoms with Crippen molar-refractivity contribution in [2.75, 3.05) is 11.9 Å². The molecule has 2 rings (SSSR count). The molecular weight excluding hydrogens is 311 g/mol. The number of nitrogens with zero attached hydrogens (tertiary/aromatic N) is 1. The molecule has 21 heavy (non-hydrogen) atoms. The second kappa shape index (κ2) is 6.78. The van der Waals surface area contributed by atoms with E-state index in [4.69, 9.17) is 23.2 Å². The Balaban J connectivity index is 2.00. The molecule has 4 nitrogen and oxygen atoms in total. The summed E-state index contributed by atoms with van der Waals surface area (Å²) in [7, 11) is 0. The third-order valence-corrected chi connectivity index (χ3v) is 3.73. The Kier molecular flexibility index (Phi) is 5.04. The van der Waals surface area contributed by atoms with Gasteiger partial charge in [-0.25, -0.2) is 0 Å². The van der Waals surface area contributed by atoms with Crippen molar-refractivity contribution >= 4 is 34.6 Å². The van der Waals surface area contributed by atoms with Crippen LogP contribution in [-0.2, 0) is 6.42 Å².